The minimum Gasteiger partial charge on any atom is -0.481 e. The normalized spacial score (nSPS) is 16.4. The van der Waals surface area contributed by atoms with E-state index in [0.717, 1.165) is 10.2 Å². The number of likely N-dealkylation sites (tertiary alicyclic amines) is 1. The number of ether oxygens (including phenoxy) is 1. The van der Waals surface area contributed by atoms with Crippen molar-refractivity contribution in [1.29, 1.82) is 0 Å². The molecule has 2 N–H and O–H groups in total. The SMILES string of the molecule is CC(C)(C)OC(=O)N1CC(CC(=O)O)(Nc2ccc(Br)cc2)C1. The average Bonchev–Trinajstić information content (AvgIpc) is 2.35. The summed E-state index contributed by atoms with van der Waals surface area (Å²) in [5.41, 5.74) is -0.420. The predicted molar refractivity (Wildman–Crippen MR) is 90.6 cm³/mol. The van der Waals surface area contributed by atoms with Crippen molar-refractivity contribution in [1.82, 2.24) is 4.90 Å². The first-order valence-electron chi connectivity index (χ1n) is 7.32. The fourth-order valence-corrected chi connectivity index (χ4v) is 2.77. The summed E-state index contributed by atoms with van der Waals surface area (Å²) in [7, 11) is 0. The summed E-state index contributed by atoms with van der Waals surface area (Å²) in [4.78, 5) is 24.7. The molecule has 1 aliphatic heterocycles. The highest BCUT2D eigenvalue weighted by Crippen LogP contribution is 2.31. The molecular weight excluding hydrogens is 364 g/mol. The molecule has 0 bridgehead atoms. The van der Waals surface area contributed by atoms with Gasteiger partial charge in [-0.3, -0.25) is 4.79 Å². The third kappa shape index (κ3) is 4.86. The highest BCUT2D eigenvalue weighted by molar-refractivity contribution is 9.10. The summed E-state index contributed by atoms with van der Waals surface area (Å²) in [6.45, 7) is 5.99. The van der Waals surface area contributed by atoms with Crippen LogP contribution in [0.4, 0.5) is 10.5 Å². The Morgan fingerprint density at radius 1 is 1.30 bits per heavy atom. The minimum atomic E-state index is -0.904. The van der Waals surface area contributed by atoms with Crippen LogP contribution in [-0.2, 0) is 9.53 Å². The molecule has 1 aromatic carbocycles. The van der Waals surface area contributed by atoms with E-state index in [4.69, 9.17) is 9.84 Å². The molecule has 2 rings (SSSR count). The van der Waals surface area contributed by atoms with Crippen LogP contribution in [0.5, 0.6) is 0 Å². The monoisotopic (exact) mass is 384 g/mol. The molecule has 0 radical (unpaired) electrons. The van der Waals surface area contributed by atoms with Gasteiger partial charge >= 0.3 is 12.1 Å². The number of carboxylic acid groups (broad SMARTS) is 1. The Balaban J connectivity index is 2.04. The van der Waals surface area contributed by atoms with Gasteiger partial charge in [-0.1, -0.05) is 15.9 Å². The van der Waals surface area contributed by atoms with E-state index in [2.05, 4.69) is 21.2 Å². The molecule has 126 valence electrons. The fourth-order valence-electron chi connectivity index (χ4n) is 2.50. The maximum absolute atomic E-state index is 12.0. The van der Waals surface area contributed by atoms with Crippen molar-refractivity contribution in [2.75, 3.05) is 18.4 Å². The van der Waals surface area contributed by atoms with Crippen molar-refractivity contribution < 1.29 is 19.4 Å². The molecular formula is C16H21BrN2O4. The first kappa shape index (κ1) is 17.6. The number of nitrogens with zero attached hydrogens (tertiary/aromatic N) is 1. The molecule has 1 aliphatic rings. The molecule has 1 fully saturated rings. The number of aliphatic carboxylic acids is 1. The van der Waals surface area contributed by atoms with E-state index in [-0.39, 0.29) is 6.42 Å². The molecule has 7 heteroatoms. The van der Waals surface area contributed by atoms with E-state index in [1.165, 1.54) is 4.90 Å². The van der Waals surface area contributed by atoms with Gasteiger partial charge in [0, 0.05) is 23.2 Å². The zero-order valence-electron chi connectivity index (χ0n) is 13.4. The number of carbonyl (C=O) groups is 2. The van der Waals surface area contributed by atoms with Crippen LogP contribution in [0.25, 0.3) is 0 Å². The molecule has 1 aromatic rings. The van der Waals surface area contributed by atoms with Gasteiger partial charge in [-0.05, 0) is 45.0 Å². The quantitative estimate of drug-likeness (QED) is 0.831. The van der Waals surface area contributed by atoms with E-state index in [9.17, 15) is 9.59 Å². The Morgan fingerprint density at radius 2 is 1.87 bits per heavy atom. The molecule has 23 heavy (non-hydrogen) atoms. The highest BCUT2D eigenvalue weighted by atomic mass is 79.9. The molecule has 0 saturated carbocycles. The largest absolute Gasteiger partial charge is 0.481 e. The first-order chi connectivity index (χ1) is 10.6. The van der Waals surface area contributed by atoms with Gasteiger partial charge in [0.05, 0.1) is 12.0 Å². The van der Waals surface area contributed by atoms with Crippen LogP contribution in [0, 0.1) is 0 Å². The summed E-state index contributed by atoms with van der Waals surface area (Å²) in [6, 6.07) is 7.48. The number of hydrogen-bond donors (Lipinski definition) is 2. The lowest BCUT2D eigenvalue weighted by Crippen LogP contribution is -2.68. The minimum absolute atomic E-state index is 0.0671. The topological polar surface area (TPSA) is 78.9 Å². The van der Waals surface area contributed by atoms with Crippen molar-refractivity contribution >= 4 is 33.7 Å². The van der Waals surface area contributed by atoms with Gasteiger partial charge in [-0.25, -0.2) is 4.79 Å². The second-order valence-corrected chi connectivity index (χ2v) is 7.73. The Morgan fingerprint density at radius 3 is 2.35 bits per heavy atom. The van der Waals surface area contributed by atoms with Gasteiger partial charge in [0.1, 0.15) is 5.60 Å². The van der Waals surface area contributed by atoms with Gasteiger partial charge < -0.3 is 20.1 Å². The fraction of sp³-hybridized carbons (Fsp3) is 0.500. The van der Waals surface area contributed by atoms with Crippen molar-refractivity contribution in [2.24, 2.45) is 0 Å². The summed E-state index contributed by atoms with van der Waals surface area (Å²) in [5, 5.41) is 12.4. The van der Waals surface area contributed by atoms with Crippen LogP contribution in [0.1, 0.15) is 27.2 Å². The molecule has 6 nitrogen and oxygen atoms in total. The number of halogens is 1. The summed E-state index contributed by atoms with van der Waals surface area (Å²) in [6.07, 6.45) is -0.487. The van der Waals surface area contributed by atoms with E-state index in [0.29, 0.717) is 13.1 Å². The second kappa shape index (κ2) is 6.39. The van der Waals surface area contributed by atoms with Gasteiger partial charge in [0.2, 0.25) is 0 Å². The third-order valence-electron chi connectivity index (χ3n) is 3.38. The Hall–Kier alpha value is -1.76. The number of hydrogen-bond acceptors (Lipinski definition) is 4. The van der Waals surface area contributed by atoms with E-state index >= 15 is 0 Å². The number of benzene rings is 1. The van der Waals surface area contributed by atoms with Crippen molar-refractivity contribution in [3.05, 3.63) is 28.7 Å². The summed E-state index contributed by atoms with van der Waals surface area (Å²) >= 11 is 3.36. The Labute approximate surface area is 143 Å². The van der Waals surface area contributed by atoms with Crippen molar-refractivity contribution in [3.63, 3.8) is 0 Å². The maximum Gasteiger partial charge on any atom is 0.410 e. The number of carbonyl (C=O) groups excluding carboxylic acids is 1. The zero-order valence-corrected chi connectivity index (χ0v) is 15.0. The lowest BCUT2D eigenvalue weighted by Gasteiger charge is -2.50. The highest BCUT2D eigenvalue weighted by Gasteiger charge is 2.48. The molecule has 0 atom stereocenters. The maximum atomic E-state index is 12.0. The molecule has 1 heterocycles. The molecule has 0 aromatic heterocycles. The Bertz CT molecular complexity index is 589. The lowest BCUT2D eigenvalue weighted by atomic mass is 9.86. The molecule has 1 amide bonds. The van der Waals surface area contributed by atoms with Crippen LogP contribution in [-0.4, -0.2) is 46.3 Å². The van der Waals surface area contributed by atoms with Crippen LogP contribution < -0.4 is 5.32 Å². The second-order valence-electron chi connectivity index (χ2n) is 6.82. The van der Waals surface area contributed by atoms with E-state index in [1.54, 1.807) is 20.8 Å². The van der Waals surface area contributed by atoms with E-state index < -0.39 is 23.2 Å². The number of nitrogens with one attached hydrogen (secondary N) is 1. The first-order valence-corrected chi connectivity index (χ1v) is 8.11. The smallest absolute Gasteiger partial charge is 0.410 e. The van der Waals surface area contributed by atoms with Crippen molar-refractivity contribution in [2.45, 2.75) is 38.3 Å². The van der Waals surface area contributed by atoms with Crippen LogP contribution in [0.15, 0.2) is 28.7 Å². The van der Waals surface area contributed by atoms with Crippen LogP contribution >= 0.6 is 15.9 Å². The number of anilines is 1. The number of carboxylic acids is 1. The third-order valence-corrected chi connectivity index (χ3v) is 3.91. The van der Waals surface area contributed by atoms with Gasteiger partial charge in [0.25, 0.3) is 0 Å². The lowest BCUT2D eigenvalue weighted by molar-refractivity contribution is -0.139. The Kier molecular flexibility index (Phi) is 4.89. The van der Waals surface area contributed by atoms with Crippen molar-refractivity contribution in [3.8, 4) is 0 Å². The van der Waals surface area contributed by atoms with Gasteiger partial charge in [-0.2, -0.15) is 0 Å². The molecule has 0 spiro atoms. The number of amides is 1. The average molecular weight is 385 g/mol. The standard InChI is InChI=1S/C16H21BrN2O4/c1-15(2,3)23-14(22)19-9-16(10-19,8-13(20)21)18-12-6-4-11(17)5-7-12/h4-7,18H,8-10H2,1-3H3,(H,20,21). The van der Waals surface area contributed by atoms with Gasteiger partial charge in [-0.15, -0.1) is 0 Å². The predicted octanol–water partition coefficient (Wildman–Crippen LogP) is 3.33. The molecule has 1 saturated heterocycles. The summed E-state index contributed by atoms with van der Waals surface area (Å²) in [5.74, 6) is -0.904. The van der Waals surface area contributed by atoms with Gasteiger partial charge in [0.15, 0.2) is 0 Å². The summed E-state index contributed by atoms with van der Waals surface area (Å²) < 4.78 is 6.26. The van der Waals surface area contributed by atoms with E-state index in [1.807, 2.05) is 24.3 Å². The van der Waals surface area contributed by atoms with Crippen LogP contribution in [0.3, 0.4) is 0 Å². The molecule has 0 unspecified atom stereocenters. The number of rotatable bonds is 4. The zero-order chi connectivity index (χ0) is 17.3. The van der Waals surface area contributed by atoms with Crippen LogP contribution in [0.2, 0.25) is 0 Å². The molecule has 0 aliphatic carbocycles.